The molecule has 42 heavy (non-hydrogen) atoms. The summed E-state index contributed by atoms with van der Waals surface area (Å²) in [6.07, 6.45) is 5.74. The summed E-state index contributed by atoms with van der Waals surface area (Å²) in [6, 6.07) is 10.1. The lowest BCUT2D eigenvalue weighted by Crippen LogP contribution is -2.42. The predicted octanol–water partition coefficient (Wildman–Crippen LogP) is 5.05. The zero-order valence-electron chi connectivity index (χ0n) is 22.0. The SMILES string of the molecule is CCn1cc(C(=O)Nc2ccc(Oc3cc(-c4cnsc4)cnc3CC=N)c(F)c2)c(=O)n(-c2ccc(F)cc2)c1=O. The van der Waals surface area contributed by atoms with Crippen LogP contribution in [0, 0.1) is 17.0 Å². The quantitative estimate of drug-likeness (QED) is 0.232. The topological polar surface area (TPSA) is 132 Å². The number of hydrogen-bond donors (Lipinski definition) is 2. The number of benzene rings is 2. The first-order valence-corrected chi connectivity index (χ1v) is 13.4. The van der Waals surface area contributed by atoms with Gasteiger partial charge in [0.05, 0.1) is 11.4 Å². The Labute approximate surface area is 241 Å². The molecule has 5 rings (SSSR count). The number of carbonyl (C=O) groups excluding carboxylic acids is 1. The lowest BCUT2D eigenvalue weighted by molar-refractivity contribution is 0.102. The van der Waals surface area contributed by atoms with Gasteiger partial charge >= 0.3 is 5.69 Å². The van der Waals surface area contributed by atoms with Crippen LogP contribution in [0.1, 0.15) is 23.0 Å². The van der Waals surface area contributed by atoms with Crippen LogP contribution in [-0.4, -0.2) is 30.6 Å². The van der Waals surface area contributed by atoms with Gasteiger partial charge in [-0.3, -0.25) is 19.1 Å². The predicted molar refractivity (Wildman–Crippen MR) is 154 cm³/mol. The maximum Gasteiger partial charge on any atom is 0.335 e. The fourth-order valence-corrected chi connectivity index (χ4v) is 4.64. The molecule has 0 aliphatic heterocycles. The van der Waals surface area contributed by atoms with E-state index in [0.717, 1.165) is 45.3 Å². The Hall–Kier alpha value is -5.30. The highest BCUT2D eigenvalue weighted by Gasteiger charge is 2.20. The van der Waals surface area contributed by atoms with Crippen molar-refractivity contribution in [3.8, 4) is 28.3 Å². The molecule has 0 fully saturated rings. The number of aryl methyl sites for hydroxylation is 1. The molecular weight excluding hydrogens is 566 g/mol. The molecule has 0 saturated carbocycles. The Balaban J connectivity index is 1.43. The number of aromatic nitrogens is 4. The van der Waals surface area contributed by atoms with Gasteiger partial charge in [-0.25, -0.2) is 22.5 Å². The number of rotatable bonds is 9. The third-order valence-corrected chi connectivity index (χ3v) is 6.81. The van der Waals surface area contributed by atoms with Gasteiger partial charge in [-0.1, -0.05) is 0 Å². The van der Waals surface area contributed by atoms with Gasteiger partial charge in [-0.15, -0.1) is 0 Å². The molecule has 0 radical (unpaired) electrons. The number of carbonyl (C=O) groups is 1. The average molecular weight is 589 g/mol. The number of amides is 1. The van der Waals surface area contributed by atoms with Crippen molar-refractivity contribution in [2.24, 2.45) is 0 Å². The van der Waals surface area contributed by atoms with Crippen LogP contribution in [0.4, 0.5) is 14.5 Å². The molecule has 0 aliphatic carbocycles. The number of halogens is 2. The van der Waals surface area contributed by atoms with E-state index in [0.29, 0.717) is 11.3 Å². The summed E-state index contributed by atoms with van der Waals surface area (Å²) in [5.74, 6) is -2.14. The van der Waals surface area contributed by atoms with Gasteiger partial charge < -0.3 is 15.5 Å². The monoisotopic (exact) mass is 588 g/mol. The van der Waals surface area contributed by atoms with Crippen molar-refractivity contribution in [3.05, 3.63) is 116 Å². The van der Waals surface area contributed by atoms with Crippen LogP contribution >= 0.6 is 11.5 Å². The molecule has 2 aromatic carbocycles. The van der Waals surface area contributed by atoms with Gasteiger partial charge in [-0.2, -0.15) is 0 Å². The molecule has 0 atom stereocenters. The van der Waals surface area contributed by atoms with E-state index in [1.165, 1.54) is 35.8 Å². The minimum Gasteiger partial charge on any atom is -0.452 e. The Kier molecular flexibility index (Phi) is 8.11. The second-order valence-electron chi connectivity index (χ2n) is 8.92. The normalized spacial score (nSPS) is 10.8. The zero-order valence-corrected chi connectivity index (χ0v) is 22.8. The Morgan fingerprint density at radius 2 is 1.86 bits per heavy atom. The number of ether oxygens (including phenoxy) is 1. The molecular formula is C29H22F2N6O4S. The first-order chi connectivity index (χ1) is 20.3. The van der Waals surface area contributed by atoms with E-state index in [1.807, 2.05) is 5.38 Å². The van der Waals surface area contributed by atoms with Crippen molar-refractivity contribution in [3.63, 3.8) is 0 Å². The van der Waals surface area contributed by atoms with E-state index in [4.69, 9.17) is 10.1 Å². The van der Waals surface area contributed by atoms with Crippen LogP contribution in [0.3, 0.4) is 0 Å². The second kappa shape index (κ2) is 12.1. The lowest BCUT2D eigenvalue weighted by atomic mass is 10.1. The van der Waals surface area contributed by atoms with E-state index < -0.39 is 28.8 Å². The largest absolute Gasteiger partial charge is 0.452 e. The summed E-state index contributed by atoms with van der Waals surface area (Å²) >= 11 is 1.27. The molecule has 212 valence electrons. The number of anilines is 1. The standard InChI is InChI=1S/C29H22F2N6O4S/c1-2-36-15-22(28(39)37(29(36)40)21-6-3-19(30)4-7-21)27(38)35-20-5-8-25(23(31)12-20)41-26-11-17(18-14-34-42-16-18)13-33-24(26)9-10-32/h3-8,10-16,32H,2,9H2,1H3,(H,35,38). The molecule has 3 heterocycles. The van der Waals surface area contributed by atoms with Crippen molar-refractivity contribution in [2.45, 2.75) is 19.9 Å². The third kappa shape index (κ3) is 5.76. The minimum absolute atomic E-state index is 0.0303. The summed E-state index contributed by atoms with van der Waals surface area (Å²) in [5, 5.41) is 11.7. The van der Waals surface area contributed by atoms with Gasteiger partial charge in [0.1, 0.15) is 17.1 Å². The first kappa shape index (κ1) is 28.2. The van der Waals surface area contributed by atoms with Gasteiger partial charge in [0.25, 0.3) is 11.5 Å². The summed E-state index contributed by atoms with van der Waals surface area (Å²) in [4.78, 5) is 43.5. The zero-order chi connectivity index (χ0) is 29.8. The fourth-order valence-electron chi connectivity index (χ4n) is 4.10. The van der Waals surface area contributed by atoms with Crippen LogP contribution in [-0.2, 0) is 13.0 Å². The van der Waals surface area contributed by atoms with Crippen molar-refractivity contribution in [1.29, 1.82) is 5.41 Å². The van der Waals surface area contributed by atoms with Gasteiger partial charge in [0.2, 0.25) is 0 Å². The molecule has 13 heteroatoms. The van der Waals surface area contributed by atoms with Crippen LogP contribution in [0.5, 0.6) is 11.5 Å². The van der Waals surface area contributed by atoms with Crippen LogP contribution < -0.4 is 21.3 Å². The maximum atomic E-state index is 15.2. The van der Waals surface area contributed by atoms with Crippen LogP contribution in [0.25, 0.3) is 16.8 Å². The fraction of sp³-hybridized carbons (Fsp3) is 0.103. The molecule has 0 aliphatic rings. The van der Waals surface area contributed by atoms with Crippen LogP contribution in [0.15, 0.2) is 82.1 Å². The Morgan fingerprint density at radius 1 is 1.07 bits per heavy atom. The number of nitrogens with zero attached hydrogens (tertiary/aromatic N) is 4. The van der Waals surface area contributed by atoms with Crippen molar-refractivity contribution < 1.29 is 18.3 Å². The lowest BCUT2D eigenvalue weighted by Gasteiger charge is -2.14. The van der Waals surface area contributed by atoms with E-state index in [9.17, 15) is 18.8 Å². The van der Waals surface area contributed by atoms with Crippen molar-refractivity contribution in [2.75, 3.05) is 5.32 Å². The molecule has 3 aromatic heterocycles. The summed E-state index contributed by atoms with van der Waals surface area (Å²) in [5.41, 5.74) is 0.0767. The summed E-state index contributed by atoms with van der Waals surface area (Å²) in [7, 11) is 0. The second-order valence-corrected chi connectivity index (χ2v) is 9.58. The highest BCUT2D eigenvalue weighted by atomic mass is 32.1. The summed E-state index contributed by atoms with van der Waals surface area (Å²) in [6.45, 7) is 1.81. The molecule has 5 aromatic rings. The molecule has 0 spiro atoms. The average Bonchev–Trinajstić information content (AvgIpc) is 3.52. The number of hydrogen-bond acceptors (Lipinski definition) is 8. The molecule has 1 amide bonds. The van der Waals surface area contributed by atoms with Gasteiger partial charge in [0.15, 0.2) is 11.6 Å². The molecule has 0 saturated heterocycles. The minimum atomic E-state index is -0.916. The van der Waals surface area contributed by atoms with Crippen molar-refractivity contribution in [1.82, 2.24) is 18.5 Å². The third-order valence-electron chi connectivity index (χ3n) is 6.23. The Morgan fingerprint density at radius 3 is 2.52 bits per heavy atom. The van der Waals surface area contributed by atoms with E-state index in [1.54, 1.807) is 25.4 Å². The number of pyridine rings is 1. The summed E-state index contributed by atoms with van der Waals surface area (Å²) < 4.78 is 40.4. The molecule has 2 N–H and O–H groups in total. The first-order valence-electron chi connectivity index (χ1n) is 12.6. The molecule has 10 nitrogen and oxygen atoms in total. The van der Waals surface area contributed by atoms with E-state index in [2.05, 4.69) is 14.7 Å². The molecule has 0 bridgehead atoms. The van der Waals surface area contributed by atoms with Crippen molar-refractivity contribution >= 4 is 29.3 Å². The highest BCUT2D eigenvalue weighted by molar-refractivity contribution is 7.03. The van der Waals surface area contributed by atoms with Gasteiger partial charge in [-0.05, 0) is 60.9 Å². The Bertz CT molecular complexity index is 1900. The highest BCUT2D eigenvalue weighted by Crippen LogP contribution is 2.32. The molecule has 0 unspecified atom stereocenters. The van der Waals surface area contributed by atoms with Gasteiger partial charge in [0, 0.05) is 66.0 Å². The smallest absolute Gasteiger partial charge is 0.335 e. The van der Waals surface area contributed by atoms with E-state index in [-0.39, 0.29) is 41.4 Å². The van der Waals surface area contributed by atoms with E-state index >= 15 is 4.39 Å². The number of nitrogens with one attached hydrogen (secondary N) is 2. The maximum absolute atomic E-state index is 15.2. The van der Waals surface area contributed by atoms with Crippen LogP contribution in [0.2, 0.25) is 0 Å².